The lowest BCUT2D eigenvalue weighted by molar-refractivity contribution is 0.323. The molecule has 17 heavy (non-hydrogen) atoms. The molecule has 3 heteroatoms. The summed E-state index contributed by atoms with van der Waals surface area (Å²) in [6.45, 7) is 3.02. The number of nitrogens with two attached hydrogens (primary N) is 1. The third-order valence-electron chi connectivity index (χ3n) is 3.71. The van der Waals surface area contributed by atoms with Crippen LogP contribution in [0.3, 0.4) is 0 Å². The Kier molecular flexibility index (Phi) is 4.10. The van der Waals surface area contributed by atoms with Gasteiger partial charge in [-0.2, -0.15) is 0 Å². The second kappa shape index (κ2) is 5.40. The van der Waals surface area contributed by atoms with Crippen LogP contribution in [0.5, 0.6) is 0 Å². The van der Waals surface area contributed by atoms with Crippen LogP contribution in [0.4, 0.5) is 4.39 Å². The predicted octanol–water partition coefficient (Wildman–Crippen LogP) is 3.83. The molecule has 0 bridgehead atoms. The molecule has 0 atom stereocenters. The molecular weight excluding hydrogens is 233 g/mol. The van der Waals surface area contributed by atoms with Gasteiger partial charge in [0.2, 0.25) is 0 Å². The lowest BCUT2D eigenvalue weighted by Crippen LogP contribution is -2.37. The molecule has 2 N–H and O–H groups in total. The summed E-state index contributed by atoms with van der Waals surface area (Å²) in [6, 6.07) is 6.76. The van der Waals surface area contributed by atoms with Crippen molar-refractivity contribution in [3.63, 3.8) is 0 Å². The first-order valence-electron chi connectivity index (χ1n) is 6.28. The van der Waals surface area contributed by atoms with E-state index in [1.807, 2.05) is 23.9 Å². The smallest absolute Gasteiger partial charge is 0.123 e. The van der Waals surface area contributed by atoms with Gasteiger partial charge in [-0.15, -0.1) is 11.8 Å². The van der Waals surface area contributed by atoms with Crippen LogP contribution in [-0.4, -0.2) is 11.3 Å². The maximum Gasteiger partial charge on any atom is 0.123 e. The van der Waals surface area contributed by atoms with Crippen molar-refractivity contribution in [2.45, 2.75) is 42.2 Å². The van der Waals surface area contributed by atoms with Gasteiger partial charge in [-0.05, 0) is 55.9 Å². The molecule has 2 rings (SSSR count). The van der Waals surface area contributed by atoms with Crippen molar-refractivity contribution in [2.24, 2.45) is 11.7 Å². The molecule has 1 aromatic carbocycles. The van der Waals surface area contributed by atoms with Crippen molar-refractivity contribution >= 4 is 11.8 Å². The molecule has 1 nitrogen and oxygen atoms in total. The topological polar surface area (TPSA) is 26.0 Å². The number of hydrogen-bond acceptors (Lipinski definition) is 2. The molecule has 0 aliphatic heterocycles. The lowest BCUT2D eigenvalue weighted by Gasteiger charge is -2.38. The van der Waals surface area contributed by atoms with E-state index in [1.165, 1.54) is 37.8 Å². The maximum absolute atomic E-state index is 12.9. The van der Waals surface area contributed by atoms with Gasteiger partial charge >= 0.3 is 0 Å². The first-order chi connectivity index (χ1) is 8.13. The van der Waals surface area contributed by atoms with E-state index >= 15 is 0 Å². The van der Waals surface area contributed by atoms with E-state index in [-0.39, 0.29) is 10.6 Å². The van der Waals surface area contributed by atoms with E-state index in [4.69, 9.17) is 5.73 Å². The predicted molar refractivity (Wildman–Crippen MR) is 71.7 cm³/mol. The van der Waals surface area contributed by atoms with E-state index in [0.29, 0.717) is 6.54 Å². The van der Waals surface area contributed by atoms with Gasteiger partial charge in [0.05, 0.1) is 0 Å². The Morgan fingerprint density at radius 2 is 1.88 bits per heavy atom. The summed E-state index contributed by atoms with van der Waals surface area (Å²) in [5.41, 5.74) is 5.97. The highest BCUT2D eigenvalue weighted by Crippen LogP contribution is 2.44. The average molecular weight is 253 g/mol. The fourth-order valence-electron chi connectivity index (χ4n) is 2.39. The van der Waals surface area contributed by atoms with Crippen LogP contribution >= 0.6 is 11.8 Å². The normalized spacial score (nSPS) is 29.2. The molecule has 0 unspecified atom stereocenters. The quantitative estimate of drug-likeness (QED) is 0.886. The fourth-order valence-corrected chi connectivity index (χ4v) is 3.68. The number of rotatable bonds is 3. The van der Waals surface area contributed by atoms with Gasteiger partial charge in [0.25, 0.3) is 0 Å². The van der Waals surface area contributed by atoms with Gasteiger partial charge in [0, 0.05) is 16.2 Å². The van der Waals surface area contributed by atoms with Crippen molar-refractivity contribution in [2.75, 3.05) is 6.54 Å². The molecule has 0 aromatic heterocycles. The zero-order valence-electron chi connectivity index (χ0n) is 10.3. The van der Waals surface area contributed by atoms with Crippen molar-refractivity contribution in [3.8, 4) is 0 Å². The minimum atomic E-state index is -0.173. The van der Waals surface area contributed by atoms with Crippen LogP contribution in [0, 0.1) is 11.7 Å². The number of benzene rings is 1. The largest absolute Gasteiger partial charge is 0.329 e. The van der Waals surface area contributed by atoms with E-state index in [2.05, 4.69) is 6.92 Å². The third-order valence-corrected chi connectivity index (χ3v) is 5.22. The van der Waals surface area contributed by atoms with Gasteiger partial charge in [-0.3, -0.25) is 0 Å². The van der Waals surface area contributed by atoms with E-state index < -0.39 is 0 Å². The third kappa shape index (κ3) is 3.23. The van der Waals surface area contributed by atoms with Crippen molar-refractivity contribution in [1.29, 1.82) is 0 Å². The molecule has 0 saturated heterocycles. The molecule has 1 aliphatic rings. The SMILES string of the molecule is CC1CCC(CN)(Sc2ccc(F)cc2)CC1. The molecule has 1 saturated carbocycles. The first-order valence-corrected chi connectivity index (χ1v) is 7.10. The first kappa shape index (κ1) is 12.9. The Balaban J connectivity index is 2.06. The minimum absolute atomic E-state index is 0.171. The number of thioether (sulfide) groups is 1. The van der Waals surface area contributed by atoms with E-state index in [0.717, 1.165) is 10.8 Å². The zero-order valence-corrected chi connectivity index (χ0v) is 11.1. The standard InChI is InChI=1S/C14H20FNS/c1-11-6-8-14(10-16,9-7-11)17-13-4-2-12(15)3-5-13/h2-5,11H,6-10,16H2,1H3. The van der Waals surface area contributed by atoms with Crippen LogP contribution < -0.4 is 5.73 Å². The van der Waals surface area contributed by atoms with Gasteiger partial charge in [-0.25, -0.2) is 4.39 Å². The Bertz CT molecular complexity index is 355. The minimum Gasteiger partial charge on any atom is -0.329 e. The number of halogens is 1. The Morgan fingerprint density at radius 1 is 1.29 bits per heavy atom. The van der Waals surface area contributed by atoms with Gasteiger partial charge in [0.1, 0.15) is 5.82 Å². The second-order valence-corrected chi connectivity index (χ2v) is 6.67. The zero-order chi connectivity index (χ0) is 12.3. The van der Waals surface area contributed by atoms with Gasteiger partial charge in [0.15, 0.2) is 0 Å². The molecule has 1 fully saturated rings. The Hall–Kier alpha value is -0.540. The summed E-state index contributed by atoms with van der Waals surface area (Å²) in [4.78, 5) is 1.13. The van der Waals surface area contributed by atoms with Crippen LogP contribution in [0.2, 0.25) is 0 Å². The lowest BCUT2D eigenvalue weighted by atomic mass is 9.82. The highest BCUT2D eigenvalue weighted by atomic mass is 32.2. The molecule has 0 heterocycles. The Morgan fingerprint density at radius 3 is 2.41 bits per heavy atom. The fraction of sp³-hybridized carbons (Fsp3) is 0.571. The van der Waals surface area contributed by atoms with Crippen molar-refractivity contribution < 1.29 is 4.39 Å². The van der Waals surface area contributed by atoms with Gasteiger partial charge in [-0.1, -0.05) is 6.92 Å². The number of hydrogen-bond donors (Lipinski definition) is 1. The summed E-state index contributed by atoms with van der Waals surface area (Å²) >= 11 is 1.83. The van der Waals surface area contributed by atoms with Crippen LogP contribution in [0.15, 0.2) is 29.2 Å². The summed E-state index contributed by atoms with van der Waals surface area (Å²) in [5, 5.41) is 0. The van der Waals surface area contributed by atoms with Crippen LogP contribution in [0.25, 0.3) is 0 Å². The molecule has 94 valence electrons. The summed E-state index contributed by atoms with van der Waals surface area (Å²) in [6.07, 6.45) is 4.86. The van der Waals surface area contributed by atoms with Gasteiger partial charge < -0.3 is 5.73 Å². The highest BCUT2D eigenvalue weighted by Gasteiger charge is 2.33. The molecule has 0 amide bonds. The summed E-state index contributed by atoms with van der Waals surface area (Å²) in [7, 11) is 0. The molecule has 0 spiro atoms. The average Bonchev–Trinajstić information content (AvgIpc) is 2.35. The maximum atomic E-state index is 12.9. The van der Waals surface area contributed by atoms with Crippen LogP contribution in [0.1, 0.15) is 32.6 Å². The van der Waals surface area contributed by atoms with Crippen molar-refractivity contribution in [3.05, 3.63) is 30.1 Å². The van der Waals surface area contributed by atoms with E-state index in [9.17, 15) is 4.39 Å². The highest BCUT2D eigenvalue weighted by molar-refractivity contribution is 8.00. The monoisotopic (exact) mass is 253 g/mol. The molecule has 1 aromatic rings. The second-order valence-electron chi connectivity index (χ2n) is 5.13. The Labute approximate surface area is 107 Å². The summed E-state index contributed by atoms with van der Waals surface area (Å²) < 4.78 is 13.0. The molecular formula is C14H20FNS. The van der Waals surface area contributed by atoms with Crippen molar-refractivity contribution in [1.82, 2.24) is 0 Å². The van der Waals surface area contributed by atoms with E-state index in [1.54, 1.807) is 0 Å². The van der Waals surface area contributed by atoms with Crippen LogP contribution in [-0.2, 0) is 0 Å². The summed E-state index contributed by atoms with van der Waals surface area (Å²) in [5.74, 6) is 0.650. The molecule has 0 radical (unpaired) electrons. The molecule has 1 aliphatic carbocycles.